The van der Waals surface area contributed by atoms with Gasteiger partial charge in [-0.25, -0.2) is 0 Å². The van der Waals surface area contributed by atoms with Crippen molar-refractivity contribution in [3.63, 3.8) is 0 Å². The largest absolute Gasteiger partial charge is 0.496 e. The summed E-state index contributed by atoms with van der Waals surface area (Å²) >= 11 is 0. The zero-order valence-electron chi connectivity index (χ0n) is 17.9. The summed E-state index contributed by atoms with van der Waals surface area (Å²) in [5, 5.41) is 2.92. The monoisotopic (exact) mass is 415 g/mol. The molecule has 7 nitrogen and oxygen atoms in total. The third kappa shape index (κ3) is 5.16. The Labute approximate surface area is 177 Å². The second-order valence-corrected chi connectivity index (χ2v) is 7.12. The third-order valence-electron chi connectivity index (χ3n) is 5.14. The highest BCUT2D eigenvalue weighted by Crippen LogP contribution is 2.30. The Morgan fingerprint density at radius 1 is 1.03 bits per heavy atom. The van der Waals surface area contributed by atoms with Crippen LogP contribution in [0.1, 0.15) is 34.3 Å². The Hall–Kier alpha value is -2.93. The molecule has 0 aromatic heterocycles. The predicted octanol–water partition coefficient (Wildman–Crippen LogP) is 3.51. The molecule has 1 unspecified atom stereocenters. The first-order chi connectivity index (χ1) is 14.5. The number of nitrogens with one attached hydrogen (secondary N) is 1. The van der Waals surface area contributed by atoms with E-state index in [9.17, 15) is 4.79 Å². The standard InChI is InChI=1S/C23H29NO6/c1-15-20(26-2)11-17(12-21(15)27-3)23(25)24-13-16-7-8-19(22(10-16)28-4)30-14-18-6-5-9-29-18/h7-8,10-12,18H,5-6,9,13-14H2,1-4H3,(H,24,25). The van der Waals surface area contributed by atoms with Crippen molar-refractivity contribution < 1.29 is 28.5 Å². The molecule has 2 aromatic carbocycles. The van der Waals surface area contributed by atoms with E-state index in [0.29, 0.717) is 41.7 Å². The van der Waals surface area contributed by atoms with Gasteiger partial charge in [-0.3, -0.25) is 4.79 Å². The predicted molar refractivity (Wildman–Crippen MR) is 113 cm³/mol. The van der Waals surface area contributed by atoms with Crippen LogP contribution < -0.4 is 24.3 Å². The van der Waals surface area contributed by atoms with E-state index < -0.39 is 0 Å². The molecule has 0 radical (unpaired) electrons. The zero-order valence-corrected chi connectivity index (χ0v) is 17.9. The van der Waals surface area contributed by atoms with Crippen LogP contribution >= 0.6 is 0 Å². The lowest BCUT2D eigenvalue weighted by molar-refractivity contribution is 0.0669. The van der Waals surface area contributed by atoms with E-state index in [1.807, 2.05) is 25.1 Å². The Bertz CT molecular complexity index is 851. The van der Waals surface area contributed by atoms with Crippen molar-refractivity contribution in [1.29, 1.82) is 0 Å². The highest BCUT2D eigenvalue weighted by atomic mass is 16.5. The minimum atomic E-state index is -0.218. The van der Waals surface area contributed by atoms with E-state index >= 15 is 0 Å². The van der Waals surface area contributed by atoms with Crippen LogP contribution in [-0.4, -0.2) is 46.6 Å². The summed E-state index contributed by atoms with van der Waals surface area (Å²) in [6.07, 6.45) is 2.22. The van der Waals surface area contributed by atoms with Gasteiger partial charge in [0.25, 0.3) is 5.91 Å². The fourth-order valence-corrected chi connectivity index (χ4v) is 3.40. The topological polar surface area (TPSA) is 75.3 Å². The van der Waals surface area contributed by atoms with Gasteiger partial charge in [0.05, 0.1) is 27.4 Å². The zero-order chi connectivity index (χ0) is 21.5. The first-order valence-electron chi connectivity index (χ1n) is 9.97. The van der Waals surface area contributed by atoms with Crippen molar-refractivity contribution in [2.24, 2.45) is 0 Å². The SMILES string of the molecule is COc1cc(CNC(=O)c2cc(OC)c(C)c(OC)c2)ccc1OCC1CCCO1. The summed E-state index contributed by atoms with van der Waals surface area (Å²) in [5.41, 5.74) is 2.22. The highest BCUT2D eigenvalue weighted by Gasteiger charge is 2.17. The second kappa shape index (κ2) is 10.2. The molecule has 0 saturated carbocycles. The highest BCUT2D eigenvalue weighted by molar-refractivity contribution is 5.95. The fourth-order valence-electron chi connectivity index (χ4n) is 3.40. The number of carbonyl (C=O) groups excluding carboxylic acids is 1. The van der Waals surface area contributed by atoms with E-state index in [0.717, 1.165) is 30.6 Å². The first-order valence-corrected chi connectivity index (χ1v) is 9.97. The molecule has 1 aliphatic heterocycles. The van der Waals surface area contributed by atoms with Crippen molar-refractivity contribution >= 4 is 5.91 Å². The minimum Gasteiger partial charge on any atom is -0.496 e. The van der Waals surface area contributed by atoms with Crippen LogP contribution in [0, 0.1) is 6.92 Å². The van der Waals surface area contributed by atoms with Gasteiger partial charge in [-0.1, -0.05) is 6.07 Å². The molecule has 1 atom stereocenters. The molecule has 0 bridgehead atoms. The summed E-state index contributed by atoms with van der Waals surface area (Å²) in [4.78, 5) is 12.6. The van der Waals surface area contributed by atoms with E-state index in [1.165, 1.54) is 0 Å². The number of rotatable bonds is 9. The lowest BCUT2D eigenvalue weighted by Crippen LogP contribution is -2.23. The molecule has 1 saturated heterocycles. The van der Waals surface area contributed by atoms with Gasteiger partial charge >= 0.3 is 0 Å². The van der Waals surface area contributed by atoms with Gasteiger partial charge in [-0.05, 0) is 49.6 Å². The second-order valence-electron chi connectivity index (χ2n) is 7.12. The normalized spacial score (nSPS) is 15.5. The number of amides is 1. The maximum atomic E-state index is 12.6. The molecule has 0 aliphatic carbocycles. The summed E-state index contributed by atoms with van der Waals surface area (Å²) in [7, 11) is 4.73. The molecule has 30 heavy (non-hydrogen) atoms. The quantitative estimate of drug-likeness (QED) is 0.676. The Morgan fingerprint density at radius 2 is 1.73 bits per heavy atom. The third-order valence-corrected chi connectivity index (χ3v) is 5.14. The lowest BCUT2D eigenvalue weighted by atomic mass is 10.1. The van der Waals surface area contributed by atoms with Crippen LogP contribution in [-0.2, 0) is 11.3 Å². The van der Waals surface area contributed by atoms with Gasteiger partial charge < -0.3 is 29.0 Å². The van der Waals surface area contributed by atoms with Crippen molar-refractivity contribution in [2.75, 3.05) is 34.5 Å². The van der Waals surface area contributed by atoms with Crippen molar-refractivity contribution in [3.8, 4) is 23.0 Å². The molecule has 7 heteroatoms. The van der Waals surface area contributed by atoms with Crippen molar-refractivity contribution in [1.82, 2.24) is 5.32 Å². The maximum Gasteiger partial charge on any atom is 0.251 e. The van der Waals surface area contributed by atoms with E-state index in [2.05, 4.69) is 5.32 Å². The lowest BCUT2D eigenvalue weighted by Gasteiger charge is -2.15. The molecule has 1 heterocycles. The Morgan fingerprint density at radius 3 is 2.33 bits per heavy atom. The van der Waals surface area contributed by atoms with Crippen molar-refractivity contribution in [2.45, 2.75) is 32.4 Å². The molecule has 1 fully saturated rings. The van der Waals surface area contributed by atoms with Crippen LogP contribution in [0.25, 0.3) is 0 Å². The van der Waals surface area contributed by atoms with Gasteiger partial charge in [-0.2, -0.15) is 0 Å². The minimum absolute atomic E-state index is 0.136. The van der Waals surface area contributed by atoms with Crippen molar-refractivity contribution in [3.05, 3.63) is 47.0 Å². The number of ether oxygens (including phenoxy) is 5. The molecule has 1 N–H and O–H groups in total. The fraction of sp³-hybridized carbons (Fsp3) is 0.435. The van der Waals surface area contributed by atoms with Gasteiger partial charge in [0.2, 0.25) is 0 Å². The first kappa shape index (κ1) is 21.8. The molecule has 2 aromatic rings. The van der Waals surface area contributed by atoms with E-state index in [1.54, 1.807) is 33.5 Å². The number of methoxy groups -OCH3 is 3. The van der Waals surface area contributed by atoms with Crippen LogP contribution in [0.4, 0.5) is 0 Å². The molecule has 1 amide bonds. The average Bonchev–Trinajstić information content (AvgIpc) is 3.30. The molecule has 162 valence electrons. The van der Waals surface area contributed by atoms with E-state index in [4.69, 9.17) is 23.7 Å². The van der Waals surface area contributed by atoms with Gasteiger partial charge in [-0.15, -0.1) is 0 Å². The van der Waals surface area contributed by atoms with Crippen LogP contribution in [0.3, 0.4) is 0 Å². The molecule has 3 rings (SSSR count). The maximum absolute atomic E-state index is 12.6. The smallest absolute Gasteiger partial charge is 0.251 e. The van der Waals surface area contributed by atoms with Gasteiger partial charge in [0.1, 0.15) is 18.1 Å². The molecule has 1 aliphatic rings. The number of hydrogen-bond acceptors (Lipinski definition) is 6. The van der Waals surface area contributed by atoms with Crippen LogP contribution in [0.5, 0.6) is 23.0 Å². The summed E-state index contributed by atoms with van der Waals surface area (Å²) in [6.45, 7) is 3.53. The summed E-state index contributed by atoms with van der Waals surface area (Å²) in [6, 6.07) is 9.03. The number of hydrogen-bond donors (Lipinski definition) is 1. The van der Waals surface area contributed by atoms with Crippen LogP contribution in [0.2, 0.25) is 0 Å². The Kier molecular flexibility index (Phi) is 7.41. The molecular weight excluding hydrogens is 386 g/mol. The molecular formula is C23H29NO6. The number of benzene rings is 2. The Balaban J connectivity index is 1.64. The molecule has 0 spiro atoms. The van der Waals surface area contributed by atoms with E-state index in [-0.39, 0.29) is 12.0 Å². The van der Waals surface area contributed by atoms with Gasteiger partial charge in [0, 0.05) is 24.3 Å². The summed E-state index contributed by atoms with van der Waals surface area (Å²) < 4.78 is 27.6. The number of carbonyl (C=O) groups is 1. The van der Waals surface area contributed by atoms with Gasteiger partial charge in [0.15, 0.2) is 11.5 Å². The van der Waals surface area contributed by atoms with Crippen LogP contribution in [0.15, 0.2) is 30.3 Å². The average molecular weight is 415 g/mol. The summed E-state index contributed by atoms with van der Waals surface area (Å²) in [5.74, 6) is 2.28.